The van der Waals surface area contributed by atoms with Gasteiger partial charge in [0.2, 0.25) is 5.91 Å². The van der Waals surface area contributed by atoms with E-state index in [2.05, 4.69) is 13.8 Å². The molecule has 0 radical (unpaired) electrons. The molecule has 0 aromatic rings. The van der Waals surface area contributed by atoms with Gasteiger partial charge in [-0.15, -0.1) is 12.4 Å². The van der Waals surface area contributed by atoms with Crippen LogP contribution >= 0.6 is 12.4 Å². The zero-order chi connectivity index (χ0) is 11.4. The highest BCUT2D eigenvalue weighted by Crippen LogP contribution is 2.27. The van der Waals surface area contributed by atoms with Crippen LogP contribution in [0.25, 0.3) is 0 Å². The van der Waals surface area contributed by atoms with Crippen molar-refractivity contribution >= 4 is 18.3 Å². The summed E-state index contributed by atoms with van der Waals surface area (Å²) >= 11 is 0. The number of hydrogen-bond acceptors (Lipinski definition) is 2. The molecule has 16 heavy (non-hydrogen) atoms. The molecule has 1 aliphatic rings. The van der Waals surface area contributed by atoms with E-state index in [1.165, 1.54) is 6.42 Å². The van der Waals surface area contributed by atoms with Crippen LogP contribution in [-0.2, 0) is 4.79 Å². The molecule has 0 saturated heterocycles. The molecule has 4 heteroatoms. The summed E-state index contributed by atoms with van der Waals surface area (Å²) < 4.78 is 0. The zero-order valence-corrected chi connectivity index (χ0v) is 11.4. The van der Waals surface area contributed by atoms with Crippen molar-refractivity contribution in [3.05, 3.63) is 0 Å². The average molecular weight is 249 g/mol. The third-order valence-electron chi connectivity index (χ3n) is 3.44. The first-order valence-electron chi connectivity index (χ1n) is 6.11. The molecule has 1 aliphatic carbocycles. The number of hydrogen-bond donors (Lipinski definition) is 1. The van der Waals surface area contributed by atoms with Crippen molar-refractivity contribution in [3.8, 4) is 0 Å². The average Bonchev–Trinajstić information content (AvgIpc) is 2.52. The van der Waals surface area contributed by atoms with E-state index in [-0.39, 0.29) is 24.4 Å². The second kappa shape index (κ2) is 7.13. The number of halogens is 1. The van der Waals surface area contributed by atoms with Crippen molar-refractivity contribution in [3.63, 3.8) is 0 Å². The van der Waals surface area contributed by atoms with Crippen LogP contribution in [0.1, 0.15) is 46.5 Å². The maximum Gasteiger partial charge on any atom is 0.223 e. The molecular weight excluding hydrogens is 224 g/mol. The van der Waals surface area contributed by atoms with Crippen molar-refractivity contribution in [1.82, 2.24) is 4.90 Å². The number of amides is 1. The molecule has 1 rings (SSSR count). The van der Waals surface area contributed by atoms with Gasteiger partial charge in [0.05, 0.1) is 0 Å². The first-order chi connectivity index (χ1) is 7.06. The number of nitrogens with two attached hydrogens (primary N) is 1. The Morgan fingerprint density at radius 3 is 2.44 bits per heavy atom. The lowest BCUT2D eigenvalue weighted by Gasteiger charge is -2.27. The van der Waals surface area contributed by atoms with Crippen LogP contribution < -0.4 is 5.73 Å². The zero-order valence-electron chi connectivity index (χ0n) is 10.6. The Kier molecular flexibility index (Phi) is 7.00. The monoisotopic (exact) mass is 248 g/mol. The molecule has 1 amide bonds. The van der Waals surface area contributed by atoms with Gasteiger partial charge < -0.3 is 10.6 Å². The summed E-state index contributed by atoms with van der Waals surface area (Å²) in [5.74, 6) is 0.695. The van der Waals surface area contributed by atoms with Crippen LogP contribution in [0.5, 0.6) is 0 Å². The van der Waals surface area contributed by atoms with E-state index in [1.54, 1.807) is 0 Å². The van der Waals surface area contributed by atoms with Crippen molar-refractivity contribution < 1.29 is 4.79 Å². The molecule has 0 spiro atoms. The highest BCUT2D eigenvalue weighted by Gasteiger charge is 2.28. The van der Waals surface area contributed by atoms with Crippen LogP contribution in [0.3, 0.4) is 0 Å². The fraction of sp³-hybridized carbons (Fsp3) is 0.917. The van der Waals surface area contributed by atoms with E-state index in [4.69, 9.17) is 5.73 Å². The standard InChI is InChI=1S/C12H24N2O.ClH/c1-4-14(9(2)3)12(15)8-10-6-5-7-11(10)13;/h9-11H,4-8,13H2,1-3H3;1H/t10-,11+;/m0./s1. The third-order valence-corrected chi connectivity index (χ3v) is 3.44. The number of carbonyl (C=O) groups is 1. The van der Waals surface area contributed by atoms with Gasteiger partial charge in [-0.1, -0.05) is 6.42 Å². The molecule has 2 atom stereocenters. The van der Waals surface area contributed by atoms with Crippen molar-refractivity contribution in [2.24, 2.45) is 11.7 Å². The Balaban J connectivity index is 0.00000225. The molecule has 1 saturated carbocycles. The summed E-state index contributed by atoms with van der Waals surface area (Å²) in [7, 11) is 0. The fourth-order valence-electron chi connectivity index (χ4n) is 2.49. The van der Waals surface area contributed by atoms with E-state index < -0.39 is 0 Å². The minimum absolute atomic E-state index is 0. The molecule has 1 fully saturated rings. The van der Waals surface area contributed by atoms with E-state index in [1.807, 2.05) is 11.8 Å². The lowest BCUT2D eigenvalue weighted by atomic mass is 9.99. The molecule has 0 unspecified atom stereocenters. The third kappa shape index (κ3) is 3.95. The van der Waals surface area contributed by atoms with Crippen molar-refractivity contribution in [2.75, 3.05) is 6.54 Å². The molecule has 0 aromatic heterocycles. The lowest BCUT2D eigenvalue weighted by molar-refractivity contribution is -0.133. The molecular formula is C12H25ClN2O. The van der Waals surface area contributed by atoms with Crippen LogP contribution in [0.2, 0.25) is 0 Å². The Bertz CT molecular complexity index is 221. The smallest absolute Gasteiger partial charge is 0.223 e. The van der Waals surface area contributed by atoms with E-state index >= 15 is 0 Å². The van der Waals surface area contributed by atoms with Gasteiger partial charge in [-0.05, 0) is 39.5 Å². The summed E-state index contributed by atoms with van der Waals surface area (Å²) in [4.78, 5) is 13.9. The maximum absolute atomic E-state index is 12.0. The van der Waals surface area contributed by atoms with Gasteiger partial charge in [0.15, 0.2) is 0 Å². The van der Waals surface area contributed by atoms with E-state index in [9.17, 15) is 4.79 Å². The Hall–Kier alpha value is -0.280. The number of carbonyl (C=O) groups excluding carboxylic acids is 1. The molecule has 0 aromatic carbocycles. The van der Waals surface area contributed by atoms with Crippen LogP contribution in [-0.4, -0.2) is 29.4 Å². The molecule has 96 valence electrons. The van der Waals surface area contributed by atoms with Gasteiger partial charge in [-0.2, -0.15) is 0 Å². The van der Waals surface area contributed by atoms with Crippen molar-refractivity contribution in [2.45, 2.75) is 58.5 Å². The topological polar surface area (TPSA) is 46.3 Å². The minimum atomic E-state index is 0. The Morgan fingerprint density at radius 2 is 2.06 bits per heavy atom. The fourth-order valence-corrected chi connectivity index (χ4v) is 2.49. The van der Waals surface area contributed by atoms with Crippen molar-refractivity contribution in [1.29, 1.82) is 0 Å². The number of nitrogens with zero attached hydrogens (tertiary/aromatic N) is 1. The first kappa shape index (κ1) is 15.7. The van der Waals surface area contributed by atoms with Crippen LogP contribution in [0.4, 0.5) is 0 Å². The van der Waals surface area contributed by atoms with Gasteiger partial charge in [0.1, 0.15) is 0 Å². The quantitative estimate of drug-likeness (QED) is 0.829. The SMILES string of the molecule is CCN(C(=O)C[C@@H]1CCC[C@H]1N)C(C)C.Cl. The van der Waals surface area contributed by atoms with E-state index in [0.29, 0.717) is 18.4 Å². The summed E-state index contributed by atoms with van der Waals surface area (Å²) in [6.07, 6.45) is 4.05. The van der Waals surface area contributed by atoms with Gasteiger partial charge in [0, 0.05) is 25.0 Å². The molecule has 0 heterocycles. The van der Waals surface area contributed by atoms with Gasteiger partial charge in [-0.3, -0.25) is 4.79 Å². The Morgan fingerprint density at radius 1 is 1.44 bits per heavy atom. The summed E-state index contributed by atoms with van der Waals surface area (Å²) in [5, 5.41) is 0. The highest BCUT2D eigenvalue weighted by molar-refractivity contribution is 5.85. The largest absolute Gasteiger partial charge is 0.341 e. The van der Waals surface area contributed by atoms with Gasteiger partial charge >= 0.3 is 0 Å². The lowest BCUT2D eigenvalue weighted by Crippen LogP contribution is -2.39. The van der Waals surface area contributed by atoms with Gasteiger partial charge in [0.25, 0.3) is 0 Å². The predicted molar refractivity (Wildman–Crippen MR) is 69.7 cm³/mol. The van der Waals surface area contributed by atoms with Gasteiger partial charge in [-0.25, -0.2) is 0 Å². The van der Waals surface area contributed by atoms with Crippen LogP contribution in [0.15, 0.2) is 0 Å². The predicted octanol–water partition coefficient (Wildman–Crippen LogP) is 2.18. The first-order valence-corrected chi connectivity index (χ1v) is 6.11. The molecule has 3 nitrogen and oxygen atoms in total. The second-order valence-corrected chi connectivity index (χ2v) is 4.83. The summed E-state index contributed by atoms with van der Waals surface area (Å²) in [6, 6.07) is 0.556. The summed E-state index contributed by atoms with van der Waals surface area (Å²) in [5.41, 5.74) is 5.97. The Labute approximate surface area is 105 Å². The molecule has 0 bridgehead atoms. The summed E-state index contributed by atoms with van der Waals surface area (Å²) in [6.45, 7) is 6.97. The maximum atomic E-state index is 12.0. The molecule has 2 N–H and O–H groups in total. The molecule has 0 aliphatic heterocycles. The second-order valence-electron chi connectivity index (χ2n) is 4.83. The number of rotatable bonds is 4. The highest BCUT2D eigenvalue weighted by atomic mass is 35.5. The normalized spacial score (nSPS) is 24.3. The van der Waals surface area contributed by atoms with E-state index in [0.717, 1.165) is 19.4 Å². The minimum Gasteiger partial charge on any atom is -0.341 e. The van der Waals surface area contributed by atoms with Crippen LogP contribution in [0, 0.1) is 5.92 Å².